The average molecular weight is 278 g/mol. The molecule has 7 heteroatoms. The molecule has 1 aliphatic rings. The fraction of sp³-hybridized carbons (Fsp3) is 0.538. The predicted octanol–water partition coefficient (Wildman–Crippen LogP) is 1.88. The number of nitro groups is 1. The van der Waals surface area contributed by atoms with Crippen molar-refractivity contribution < 1.29 is 9.72 Å². The molecule has 1 heterocycles. The summed E-state index contributed by atoms with van der Waals surface area (Å²) in [6.45, 7) is 1.99. The van der Waals surface area contributed by atoms with Crippen LogP contribution in [0.2, 0.25) is 0 Å². The van der Waals surface area contributed by atoms with Crippen LogP contribution in [0.4, 0.5) is 11.5 Å². The van der Waals surface area contributed by atoms with Gasteiger partial charge in [0.25, 0.3) is 11.6 Å². The molecule has 1 atom stereocenters. The van der Waals surface area contributed by atoms with Gasteiger partial charge in [-0.3, -0.25) is 14.9 Å². The molecular formula is C13H18N4O3. The highest BCUT2D eigenvalue weighted by atomic mass is 16.6. The van der Waals surface area contributed by atoms with Crippen LogP contribution in [-0.4, -0.2) is 21.9 Å². The van der Waals surface area contributed by atoms with Crippen LogP contribution < -0.4 is 11.1 Å². The zero-order valence-electron chi connectivity index (χ0n) is 11.3. The molecule has 0 bridgehead atoms. The van der Waals surface area contributed by atoms with Gasteiger partial charge < -0.3 is 11.1 Å². The van der Waals surface area contributed by atoms with Gasteiger partial charge in [-0.05, 0) is 24.8 Å². The Hall–Kier alpha value is -2.18. The standard InChI is InChI=1S/C13H18N4O3/c1-2-9(5-8-3-4-8)16-13(18)10-6-12(14)15-7-11(10)17(19)20/h6-9H,2-5H2,1H3,(H2,14,15)(H,16,18). The molecule has 0 spiro atoms. The van der Waals surface area contributed by atoms with Gasteiger partial charge >= 0.3 is 0 Å². The Morgan fingerprint density at radius 1 is 1.65 bits per heavy atom. The molecule has 7 nitrogen and oxygen atoms in total. The van der Waals surface area contributed by atoms with E-state index in [1.807, 2.05) is 6.92 Å². The van der Waals surface area contributed by atoms with Crippen LogP contribution in [0.25, 0.3) is 0 Å². The Morgan fingerprint density at radius 3 is 2.90 bits per heavy atom. The average Bonchev–Trinajstić information content (AvgIpc) is 3.21. The van der Waals surface area contributed by atoms with Crippen LogP contribution in [-0.2, 0) is 0 Å². The quantitative estimate of drug-likeness (QED) is 0.609. The van der Waals surface area contributed by atoms with Crippen molar-refractivity contribution >= 4 is 17.4 Å². The van der Waals surface area contributed by atoms with E-state index in [0.717, 1.165) is 19.0 Å². The Balaban J connectivity index is 2.14. The van der Waals surface area contributed by atoms with Crippen LogP contribution in [0.5, 0.6) is 0 Å². The van der Waals surface area contributed by atoms with Gasteiger partial charge in [-0.15, -0.1) is 0 Å². The zero-order chi connectivity index (χ0) is 14.7. The molecule has 108 valence electrons. The van der Waals surface area contributed by atoms with E-state index in [1.54, 1.807) is 0 Å². The first-order chi connectivity index (χ1) is 9.51. The summed E-state index contributed by atoms with van der Waals surface area (Å²) in [5.41, 5.74) is 5.15. The number of anilines is 1. The fourth-order valence-electron chi connectivity index (χ4n) is 2.14. The number of carbonyl (C=O) groups is 1. The molecule has 0 aliphatic heterocycles. The maximum atomic E-state index is 12.2. The van der Waals surface area contributed by atoms with Gasteiger partial charge in [-0.1, -0.05) is 19.8 Å². The third-order valence-electron chi connectivity index (χ3n) is 3.49. The number of aromatic nitrogens is 1. The number of amides is 1. The minimum absolute atomic E-state index is 0.0308. The van der Waals surface area contributed by atoms with E-state index in [-0.39, 0.29) is 23.1 Å². The lowest BCUT2D eigenvalue weighted by atomic mass is 10.1. The highest BCUT2D eigenvalue weighted by Gasteiger charge is 2.27. The van der Waals surface area contributed by atoms with Gasteiger partial charge in [0.05, 0.1) is 4.92 Å². The highest BCUT2D eigenvalue weighted by Crippen LogP contribution is 2.34. The molecule has 1 aromatic rings. The lowest BCUT2D eigenvalue weighted by molar-refractivity contribution is -0.385. The predicted molar refractivity (Wildman–Crippen MR) is 74.2 cm³/mol. The maximum absolute atomic E-state index is 12.2. The van der Waals surface area contributed by atoms with E-state index in [0.29, 0.717) is 5.92 Å². The van der Waals surface area contributed by atoms with Gasteiger partial charge in [0.15, 0.2) is 0 Å². The number of rotatable bonds is 6. The summed E-state index contributed by atoms with van der Waals surface area (Å²) in [5.74, 6) is 0.312. The third-order valence-corrected chi connectivity index (χ3v) is 3.49. The van der Waals surface area contributed by atoms with Crippen molar-refractivity contribution in [1.82, 2.24) is 10.3 Å². The molecule has 0 saturated heterocycles. The van der Waals surface area contributed by atoms with Crippen LogP contribution >= 0.6 is 0 Å². The number of nitrogens with zero attached hydrogens (tertiary/aromatic N) is 2. The van der Waals surface area contributed by atoms with Crippen molar-refractivity contribution in [2.45, 2.75) is 38.6 Å². The van der Waals surface area contributed by atoms with E-state index in [1.165, 1.54) is 18.9 Å². The summed E-state index contributed by atoms with van der Waals surface area (Å²) >= 11 is 0. The second-order valence-electron chi connectivity index (χ2n) is 5.14. The number of nitrogens with one attached hydrogen (secondary N) is 1. The molecule has 0 radical (unpaired) electrons. The Kier molecular flexibility index (Phi) is 4.16. The molecule has 0 aromatic carbocycles. The Labute approximate surface area is 116 Å². The fourth-order valence-corrected chi connectivity index (χ4v) is 2.14. The molecule has 2 rings (SSSR count). The van der Waals surface area contributed by atoms with Crippen molar-refractivity contribution in [1.29, 1.82) is 0 Å². The molecule has 1 fully saturated rings. The lowest BCUT2D eigenvalue weighted by Crippen LogP contribution is -2.35. The topological polar surface area (TPSA) is 111 Å². The van der Waals surface area contributed by atoms with Gasteiger partial charge in [0, 0.05) is 6.04 Å². The highest BCUT2D eigenvalue weighted by molar-refractivity contribution is 5.98. The summed E-state index contributed by atoms with van der Waals surface area (Å²) in [6, 6.07) is 1.29. The van der Waals surface area contributed by atoms with Crippen LogP contribution in [0, 0.1) is 16.0 Å². The minimum atomic E-state index is -0.622. The summed E-state index contributed by atoms with van der Waals surface area (Å²) in [4.78, 5) is 26.2. The van der Waals surface area contributed by atoms with Crippen molar-refractivity contribution in [3.63, 3.8) is 0 Å². The van der Waals surface area contributed by atoms with Gasteiger partial charge in [0.1, 0.15) is 17.6 Å². The SMILES string of the molecule is CCC(CC1CC1)NC(=O)c1cc(N)ncc1[N+](=O)[O-]. The van der Waals surface area contributed by atoms with E-state index < -0.39 is 10.8 Å². The van der Waals surface area contributed by atoms with Crippen LogP contribution in [0.1, 0.15) is 43.0 Å². The third kappa shape index (κ3) is 3.43. The second kappa shape index (κ2) is 5.85. The molecule has 1 amide bonds. The smallest absolute Gasteiger partial charge is 0.300 e. The molecular weight excluding hydrogens is 260 g/mol. The maximum Gasteiger partial charge on any atom is 0.300 e. The van der Waals surface area contributed by atoms with Gasteiger partial charge in [-0.2, -0.15) is 0 Å². The van der Waals surface area contributed by atoms with E-state index in [9.17, 15) is 14.9 Å². The number of nitrogens with two attached hydrogens (primary N) is 1. The van der Waals surface area contributed by atoms with Crippen molar-refractivity contribution in [2.75, 3.05) is 5.73 Å². The summed E-state index contributed by atoms with van der Waals surface area (Å²) < 4.78 is 0. The van der Waals surface area contributed by atoms with Crippen molar-refractivity contribution in [3.8, 4) is 0 Å². The lowest BCUT2D eigenvalue weighted by Gasteiger charge is -2.16. The first kappa shape index (κ1) is 14.2. The number of pyridine rings is 1. The van der Waals surface area contributed by atoms with Gasteiger partial charge in [-0.25, -0.2) is 4.98 Å². The van der Waals surface area contributed by atoms with Crippen LogP contribution in [0.15, 0.2) is 12.3 Å². The summed E-state index contributed by atoms with van der Waals surface area (Å²) in [6.07, 6.45) is 5.16. The molecule has 1 unspecified atom stereocenters. The summed E-state index contributed by atoms with van der Waals surface area (Å²) in [7, 11) is 0. The van der Waals surface area contributed by atoms with Crippen molar-refractivity contribution in [2.24, 2.45) is 5.92 Å². The normalized spacial score (nSPS) is 15.7. The number of hydrogen-bond acceptors (Lipinski definition) is 5. The largest absolute Gasteiger partial charge is 0.384 e. The number of nitrogen functional groups attached to an aromatic ring is 1. The van der Waals surface area contributed by atoms with Crippen LogP contribution in [0.3, 0.4) is 0 Å². The summed E-state index contributed by atoms with van der Waals surface area (Å²) in [5, 5.41) is 13.8. The number of carbonyl (C=O) groups excluding carboxylic acids is 1. The minimum Gasteiger partial charge on any atom is -0.384 e. The Bertz CT molecular complexity index is 528. The molecule has 1 saturated carbocycles. The first-order valence-electron chi connectivity index (χ1n) is 6.72. The van der Waals surface area contributed by atoms with Gasteiger partial charge in [0.2, 0.25) is 0 Å². The molecule has 20 heavy (non-hydrogen) atoms. The molecule has 1 aliphatic carbocycles. The second-order valence-corrected chi connectivity index (χ2v) is 5.14. The first-order valence-corrected chi connectivity index (χ1v) is 6.72. The molecule has 1 aromatic heterocycles. The monoisotopic (exact) mass is 278 g/mol. The van der Waals surface area contributed by atoms with E-state index in [2.05, 4.69) is 10.3 Å². The Morgan fingerprint density at radius 2 is 2.35 bits per heavy atom. The molecule has 3 N–H and O–H groups in total. The number of hydrogen-bond donors (Lipinski definition) is 2. The van der Waals surface area contributed by atoms with E-state index >= 15 is 0 Å². The zero-order valence-corrected chi connectivity index (χ0v) is 11.3. The van der Waals surface area contributed by atoms with E-state index in [4.69, 9.17) is 5.73 Å². The van der Waals surface area contributed by atoms with Crippen molar-refractivity contribution in [3.05, 3.63) is 27.9 Å².